The van der Waals surface area contributed by atoms with Crippen molar-refractivity contribution in [2.24, 2.45) is 0 Å². The smallest absolute Gasteiger partial charge is 0.0664 e. The molecule has 0 amide bonds. The number of nitrogens with one attached hydrogen (secondary N) is 1. The van der Waals surface area contributed by atoms with Crippen molar-refractivity contribution >= 4 is 0 Å². The molecule has 0 aliphatic carbocycles. The third-order valence-electron chi connectivity index (χ3n) is 3.77. The van der Waals surface area contributed by atoms with Crippen LogP contribution < -0.4 is 5.32 Å². The Labute approximate surface area is 121 Å². The van der Waals surface area contributed by atoms with Crippen LogP contribution in [0.5, 0.6) is 0 Å². The first-order valence-electron chi connectivity index (χ1n) is 8.70. The van der Waals surface area contributed by atoms with Crippen LogP contribution in [0.25, 0.3) is 0 Å². The summed E-state index contributed by atoms with van der Waals surface area (Å²) in [4.78, 5) is 0. The quantitative estimate of drug-likeness (QED) is 0.425. The predicted molar refractivity (Wildman–Crippen MR) is 85.6 cm³/mol. The van der Waals surface area contributed by atoms with Crippen LogP contribution in [0.2, 0.25) is 0 Å². The van der Waals surface area contributed by atoms with Crippen molar-refractivity contribution in [2.75, 3.05) is 13.1 Å². The maximum atomic E-state index is 9.66. The van der Waals surface area contributed by atoms with Crippen LogP contribution >= 0.6 is 0 Å². The van der Waals surface area contributed by atoms with E-state index in [4.69, 9.17) is 0 Å². The van der Waals surface area contributed by atoms with E-state index in [0.717, 1.165) is 19.5 Å². The Bertz CT molecular complexity index is 161. The molecular weight excluding hydrogens is 234 g/mol. The van der Waals surface area contributed by atoms with E-state index in [1.807, 2.05) is 0 Å². The molecule has 19 heavy (non-hydrogen) atoms. The molecule has 0 rings (SSSR count). The summed E-state index contributed by atoms with van der Waals surface area (Å²) in [6.07, 6.45) is 15.9. The highest BCUT2D eigenvalue weighted by Gasteiger charge is 2.02. The van der Waals surface area contributed by atoms with Gasteiger partial charge in [0, 0.05) is 6.54 Å². The van der Waals surface area contributed by atoms with Gasteiger partial charge in [-0.1, -0.05) is 84.5 Å². The minimum atomic E-state index is -0.140. The van der Waals surface area contributed by atoms with Gasteiger partial charge in [-0.3, -0.25) is 0 Å². The fraction of sp³-hybridized carbons (Fsp3) is 1.00. The standard InChI is InChI=1S/C17H37NO/c1-3-5-6-7-8-9-10-11-12-13-14-15-17(19)16-18-4-2/h17-19H,3-16H2,1-2H3. The Morgan fingerprint density at radius 3 is 1.68 bits per heavy atom. The summed E-state index contributed by atoms with van der Waals surface area (Å²) in [5, 5.41) is 12.8. The van der Waals surface area contributed by atoms with E-state index in [1.165, 1.54) is 70.6 Å². The molecule has 2 nitrogen and oxygen atoms in total. The third-order valence-corrected chi connectivity index (χ3v) is 3.77. The number of aliphatic hydroxyl groups is 1. The molecule has 0 bridgehead atoms. The zero-order chi connectivity index (χ0) is 14.2. The van der Waals surface area contributed by atoms with E-state index in [-0.39, 0.29) is 6.10 Å². The Balaban J connectivity index is 3.02. The Morgan fingerprint density at radius 1 is 0.737 bits per heavy atom. The lowest BCUT2D eigenvalue weighted by Gasteiger charge is -2.10. The molecule has 0 radical (unpaired) electrons. The maximum absolute atomic E-state index is 9.66. The van der Waals surface area contributed by atoms with Crippen LogP contribution in [0, 0.1) is 0 Å². The van der Waals surface area contributed by atoms with Gasteiger partial charge in [-0.25, -0.2) is 0 Å². The molecule has 0 aliphatic rings. The van der Waals surface area contributed by atoms with Crippen molar-refractivity contribution in [3.63, 3.8) is 0 Å². The average Bonchev–Trinajstić information content (AvgIpc) is 2.42. The topological polar surface area (TPSA) is 32.3 Å². The summed E-state index contributed by atoms with van der Waals surface area (Å²) < 4.78 is 0. The maximum Gasteiger partial charge on any atom is 0.0664 e. The van der Waals surface area contributed by atoms with Gasteiger partial charge in [-0.15, -0.1) is 0 Å². The van der Waals surface area contributed by atoms with Gasteiger partial charge in [0.1, 0.15) is 0 Å². The Kier molecular flexibility index (Phi) is 15.9. The van der Waals surface area contributed by atoms with Crippen molar-refractivity contribution in [3.05, 3.63) is 0 Å². The Morgan fingerprint density at radius 2 is 1.21 bits per heavy atom. The molecule has 0 fully saturated rings. The van der Waals surface area contributed by atoms with Crippen molar-refractivity contribution < 1.29 is 5.11 Å². The number of aliphatic hydroxyl groups excluding tert-OH is 1. The van der Waals surface area contributed by atoms with Crippen LogP contribution in [0.1, 0.15) is 90.9 Å². The summed E-state index contributed by atoms with van der Waals surface area (Å²) >= 11 is 0. The van der Waals surface area contributed by atoms with Crippen molar-refractivity contribution in [1.29, 1.82) is 0 Å². The second kappa shape index (κ2) is 16.0. The second-order valence-corrected chi connectivity index (χ2v) is 5.79. The van der Waals surface area contributed by atoms with Gasteiger partial charge in [-0.2, -0.15) is 0 Å². The second-order valence-electron chi connectivity index (χ2n) is 5.79. The molecule has 2 N–H and O–H groups in total. The van der Waals surface area contributed by atoms with Crippen LogP contribution in [-0.4, -0.2) is 24.3 Å². The number of hydrogen-bond donors (Lipinski definition) is 2. The number of rotatable bonds is 15. The third kappa shape index (κ3) is 15.9. The monoisotopic (exact) mass is 271 g/mol. The fourth-order valence-corrected chi connectivity index (χ4v) is 2.46. The predicted octanol–water partition coefficient (Wildman–Crippen LogP) is 4.66. The first-order chi connectivity index (χ1) is 9.31. The molecule has 0 aromatic rings. The Hall–Kier alpha value is -0.0800. The molecule has 1 atom stereocenters. The van der Waals surface area contributed by atoms with Crippen molar-refractivity contribution in [3.8, 4) is 0 Å². The molecular formula is C17H37NO. The van der Waals surface area contributed by atoms with E-state index in [9.17, 15) is 5.11 Å². The first kappa shape index (κ1) is 18.9. The molecule has 2 heteroatoms. The van der Waals surface area contributed by atoms with Crippen molar-refractivity contribution in [2.45, 2.75) is 97.0 Å². The first-order valence-corrected chi connectivity index (χ1v) is 8.70. The summed E-state index contributed by atoms with van der Waals surface area (Å²) in [5.74, 6) is 0. The SMILES string of the molecule is CCCCCCCCCCCCCC(O)CNCC. The molecule has 0 aromatic heterocycles. The molecule has 0 heterocycles. The van der Waals surface area contributed by atoms with E-state index in [2.05, 4.69) is 19.2 Å². The average molecular weight is 271 g/mol. The summed E-state index contributed by atoms with van der Waals surface area (Å²) in [7, 11) is 0. The van der Waals surface area contributed by atoms with Gasteiger partial charge in [-0.05, 0) is 13.0 Å². The van der Waals surface area contributed by atoms with Gasteiger partial charge in [0.15, 0.2) is 0 Å². The highest BCUT2D eigenvalue weighted by molar-refractivity contribution is 4.59. The number of likely N-dealkylation sites (N-methyl/N-ethyl adjacent to an activating group) is 1. The minimum absolute atomic E-state index is 0.140. The lowest BCUT2D eigenvalue weighted by Crippen LogP contribution is -2.26. The van der Waals surface area contributed by atoms with Gasteiger partial charge in [0.2, 0.25) is 0 Å². The zero-order valence-electron chi connectivity index (χ0n) is 13.4. The highest BCUT2D eigenvalue weighted by atomic mass is 16.3. The van der Waals surface area contributed by atoms with Gasteiger partial charge < -0.3 is 10.4 Å². The lowest BCUT2D eigenvalue weighted by atomic mass is 10.0. The molecule has 0 aliphatic heterocycles. The van der Waals surface area contributed by atoms with Crippen LogP contribution in [0.15, 0.2) is 0 Å². The van der Waals surface area contributed by atoms with E-state index in [1.54, 1.807) is 0 Å². The van der Waals surface area contributed by atoms with E-state index in [0.29, 0.717) is 0 Å². The van der Waals surface area contributed by atoms with Crippen LogP contribution in [0.4, 0.5) is 0 Å². The summed E-state index contributed by atoms with van der Waals surface area (Å²) in [6.45, 7) is 6.06. The lowest BCUT2D eigenvalue weighted by molar-refractivity contribution is 0.158. The summed E-state index contributed by atoms with van der Waals surface area (Å²) in [5.41, 5.74) is 0. The van der Waals surface area contributed by atoms with Gasteiger partial charge >= 0.3 is 0 Å². The van der Waals surface area contributed by atoms with Crippen molar-refractivity contribution in [1.82, 2.24) is 5.32 Å². The number of hydrogen-bond acceptors (Lipinski definition) is 2. The molecule has 116 valence electrons. The molecule has 0 aromatic carbocycles. The molecule has 0 saturated heterocycles. The molecule has 0 saturated carbocycles. The van der Waals surface area contributed by atoms with Crippen LogP contribution in [-0.2, 0) is 0 Å². The van der Waals surface area contributed by atoms with Crippen LogP contribution in [0.3, 0.4) is 0 Å². The highest BCUT2D eigenvalue weighted by Crippen LogP contribution is 2.12. The van der Waals surface area contributed by atoms with E-state index >= 15 is 0 Å². The van der Waals surface area contributed by atoms with E-state index < -0.39 is 0 Å². The normalized spacial score (nSPS) is 12.8. The van der Waals surface area contributed by atoms with Gasteiger partial charge in [0.25, 0.3) is 0 Å². The fourth-order valence-electron chi connectivity index (χ4n) is 2.46. The zero-order valence-corrected chi connectivity index (χ0v) is 13.4. The van der Waals surface area contributed by atoms with Gasteiger partial charge in [0.05, 0.1) is 6.10 Å². The summed E-state index contributed by atoms with van der Waals surface area (Å²) in [6, 6.07) is 0. The molecule has 0 spiro atoms. The largest absolute Gasteiger partial charge is 0.392 e. The minimum Gasteiger partial charge on any atom is -0.392 e. The number of unbranched alkanes of at least 4 members (excludes halogenated alkanes) is 10. The molecule has 1 unspecified atom stereocenters.